The van der Waals surface area contributed by atoms with E-state index in [0.717, 1.165) is 41.2 Å². The van der Waals surface area contributed by atoms with Crippen LogP contribution in [0.25, 0.3) is 44.1 Å². The summed E-state index contributed by atoms with van der Waals surface area (Å²) in [6, 6.07) is 10.3. The van der Waals surface area contributed by atoms with Gasteiger partial charge < -0.3 is 20.8 Å². The first-order valence-corrected chi connectivity index (χ1v) is 14.5. The van der Waals surface area contributed by atoms with Gasteiger partial charge >= 0.3 is 0 Å². The number of hydrogen-bond donors (Lipinski definition) is 0. The Kier molecular flexibility index (Phi) is 6.18. The number of benzene rings is 3. The largest absolute Gasteiger partial charge is 0.617 e. The summed E-state index contributed by atoms with van der Waals surface area (Å²) in [5.74, 6) is 0. The second-order valence-corrected chi connectivity index (χ2v) is 15.8. The lowest BCUT2D eigenvalue weighted by atomic mass is 9.79. The molecular formula is C34H42N4O4. The molecule has 0 bridgehead atoms. The molecule has 0 unspecified atom stereocenters. The van der Waals surface area contributed by atoms with Gasteiger partial charge in [0.15, 0.2) is 0 Å². The summed E-state index contributed by atoms with van der Waals surface area (Å²) in [6.07, 6.45) is 0. The average molecular weight is 571 g/mol. The molecule has 8 heteroatoms. The van der Waals surface area contributed by atoms with Gasteiger partial charge in [-0.2, -0.15) is 18.9 Å². The standard InChI is InChI=1S/C34H42N4O4/c1-31(2,3)19-13-21(33(7,8)9)29-27(15-19)35(39)23-17-26-24(18-25(23)37(29)41)36(40)28-16-20(32(4,5)6)14-22(34(10,11)12)30(28)38(26)42/h13-18H,1-12H3. The molecule has 0 amide bonds. The van der Waals surface area contributed by atoms with Crippen molar-refractivity contribution in [2.75, 3.05) is 0 Å². The lowest BCUT2D eigenvalue weighted by molar-refractivity contribution is -0.597. The Morgan fingerprint density at radius 3 is 0.905 bits per heavy atom. The van der Waals surface area contributed by atoms with Crippen LogP contribution in [0.2, 0.25) is 0 Å². The van der Waals surface area contributed by atoms with Gasteiger partial charge in [0.25, 0.3) is 44.1 Å². The first-order valence-electron chi connectivity index (χ1n) is 14.5. The highest BCUT2D eigenvalue weighted by Crippen LogP contribution is 2.36. The third kappa shape index (κ3) is 4.43. The molecule has 2 heterocycles. The molecule has 0 fully saturated rings. The van der Waals surface area contributed by atoms with Crippen molar-refractivity contribution in [1.29, 1.82) is 0 Å². The van der Waals surface area contributed by atoms with Gasteiger partial charge in [0.1, 0.15) is 0 Å². The predicted molar refractivity (Wildman–Crippen MR) is 167 cm³/mol. The number of hydrogen-bond acceptors (Lipinski definition) is 4. The third-order valence-electron chi connectivity index (χ3n) is 8.32. The van der Waals surface area contributed by atoms with Crippen LogP contribution in [-0.4, -0.2) is 0 Å². The van der Waals surface area contributed by atoms with Crippen LogP contribution in [0.1, 0.15) is 105 Å². The van der Waals surface area contributed by atoms with E-state index in [1.807, 2.05) is 53.7 Å². The van der Waals surface area contributed by atoms with Gasteiger partial charge in [-0.15, -0.1) is 0 Å². The smallest absolute Gasteiger partial charge is 0.297 e. The maximum atomic E-state index is 14.1. The maximum absolute atomic E-state index is 14.1. The molecule has 0 saturated heterocycles. The number of rotatable bonds is 0. The molecule has 0 aliphatic rings. The van der Waals surface area contributed by atoms with E-state index in [9.17, 15) is 20.8 Å². The molecule has 0 spiro atoms. The third-order valence-corrected chi connectivity index (χ3v) is 8.32. The summed E-state index contributed by atoms with van der Waals surface area (Å²) in [5.41, 5.74) is 3.02. The highest BCUT2D eigenvalue weighted by molar-refractivity contribution is 5.90. The Labute approximate surface area is 247 Å². The van der Waals surface area contributed by atoms with E-state index in [-0.39, 0.29) is 55.0 Å². The molecule has 8 nitrogen and oxygen atoms in total. The first-order chi connectivity index (χ1) is 19.0. The summed E-state index contributed by atoms with van der Waals surface area (Å²) in [7, 11) is 0. The van der Waals surface area contributed by atoms with Gasteiger partial charge in [0.05, 0.1) is 12.1 Å². The van der Waals surface area contributed by atoms with Gasteiger partial charge in [-0.05, 0) is 44.9 Å². The Morgan fingerprint density at radius 2 is 0.643 bits per heavy atom. The molecule has 0 N–H and O–H groups in total. The summed E-state index contributed by atoms with van der Waals surface area (Å²) < 4.78 is 2.96. The quantitative estimate of drug-likeness (QED) is 0.129. The summed E-state index contributed by atoms with van der Waals surface area (Å²) >= 11 is 0. The van der Waals surface area contributed by atoms with Crippen LogP contribution in [0, 0.1) is 20.8 Å². The summed E-state index contributed by atoms with van der Waals surface area (Å²) in [6.45, 7) is 24.4. The van der Waals surface area contributed by atoms with E-state index in [2.05, 4.69) is 41.5 Å². The molecule has 5 aromatic rings. The second kappa shape index (κ2) is 8.79. The molecule has 5 rings (SSSR count). The molecule has 0 radical (unpaired) electrons. The minimum absolute atomic E-state index is 0.0310. The SMILES string of the molecule is CC(C)(C)c1cc(C(C)(C)C)c2c(c1)[n+]([O-])c1cc3c(cc1[n+]2[O-])[n+]([O-])c1cc(C(C)(C)C)cc(C(C)(C)C)c1[n+]3[O-]. The van der Waals surface area contributed by atoms with Crippen molar-refractivity contribution in [2.24, 2.45) is 0 Å². The molecule has 2 aromatic heterocycles. The van der Waals surface area contributed by atoms with Crippen LogP contribution < -0.4 is 18.9 Å². The zero-order chi connectivity index (χ0) is 31.5. The molecule has 0 aliphatic carbocycles. The fraction of sp³-hybridized carbons (Fsp3) is 0.471. The zero-order valence-corrected chi connectivity index (χ0v) is 26.9. The topological polar surface area (TPSA) is 108 Å². The van der Waals surface area contributed by atoms with Crippen molar-refractivity contribution < 1.29 is 18.9 Å². The summed E-state index contributed by atoms with van der Waals surface area (Å²) in [5, 5.41) is 56.3. The van der Waals surface area contributed by atoms with E-state index in [0.29, 0.717) is 0 Å². The number of fused-ring (bicyclic) bond motifs is 4. The van der Waals surface area contributed by atoms with Crippen molar-refractivity contribution in [3.8, 4) is 0 Å². The second-order valence-electron chi connectivity index (χ2n) is 15.8. The van der Waals surface area contributed by atoms with Crippen molar-refractivity contribution in [3.63, 3.8) is 0 Å². The van der Waals surface area contributed by atoms with E-state index in [4.69, 9.17) is 0 Å². The lowest BCUT2D eigenvalue weighted by Crippen LogP contribution is -2.44. The van der Waals surface area contributed by atoms with Crippen LogP contribution in [0.4, 0.5) is 0 Å². The van der Waals surface area contributed by atoms with Crippen LogP contribution in [0.5, 0.6) is 0 Å². The monoisotopic (exact) mass is 570 g/mol. The molecule has 0 atom stereocenters. The van der Waals surface area contributed by atoms with Crippen LogP contribution in [0.3, 0.4) is 0 Å². The van der Waals surface area contributed by atoms with Gasteiger partial charge in [0.2, 0.25) is 0 Å². The van der Waals surface area contributed by atoms with Crippen LogP contribution in [-0.2, 0) is 21.7 Å². The number of nitrogens with zero attached hydrogens (tertiary/aromatic N) is 4. The Balaban J connectivity index is 2.03. The predicted octanol–water partition coefficient (Wildman–Crippen LogP) is 6.02. The zero-order valence-electron chi connectivity index (χ0n) is 26.9. The summed E-state index contributed by atoms with van der Waals surface area (Å²) in [4.78, 5) is 0. The average Bonchev–Trinajstić information content (AvgIpc) is 2.86. The van der Waals surface area contributed by atoms with Crippen molar-refractivity contribution in [3.05, 3.63) is 79.5 Å². The number of aromatic nitrogens is 4. The molecule has 0 saturated carbocycles. The molecule has 222 valence electrons. The van der Waals surface area contributed by atoms with Crippen LogP contribution in [0.15, 0.2) is 36.4 Å². The van der Waals surface area contributed by atoms with Gasteiger partial charge in [0, 0.05) is 23.3 Å². The van der Waals surface area contributed by atoms with Gasteiger partial charge in [-0.3, -0.25) is 0 Å². The van der Waals surface area contributed by atoms with Crippen molar-refractivity contribution in [2.45, 2.75) is 105 Å². The Morgan fingerprint density at radius 1 is 0.357 bits per heavy atom. The minimum atomic E-state index is -0.442. The Hall–Kier alpha value is -3.94. The van der Waals surface area contributed by atoms with Gasteiger partial charge in [-0.1, -0.05) is 83.1 Å². The van der Waals surface area contributed by atoms with E-state index >= 15 is 0 Å². The highest BCUT2D eigenvalue weighted by Gasteiger charge is 2.37. The molecule has 3 aromatic carbocycles. The first kappa shape index (κ1) is 29.5. The molecule has 42 heavy (non-hydrogen) atoms. The normalized spacial score (nSPS) is 13.6. The molecule has 0 aliphatic heterocycles. The Bertz CT molecular complexity index is 1810. The highest BCUT2D eigenvalue weighted by atomic mass is 16.5. The van der Waals surface area contributed by atoms with Crippen LogP contribution >= 0.6 is 0 Å². The fourth-order valence-corrected chi connectivity index (χ4v) is 5.69. The van der Waals surface area contributed by atoms with Gasteiger partial charge in [-0.25, -0.2) is 0 Å². The van der Waals surface area contributed by atoms with E-state index < -0.39 is 10.8 Å². The minimum Gasteiger partial charge on any atom is -0.617 e. The maximum Gasteiger partial charge on any atom is 0.297 e. The lowest BCUT2D eigenvalue weighted by Gasteiger charge is -2.25. The van der Waals surface area contributed by atoms with Crippen molar-refractivity contribution in [1.82, 2.24) is 0 Å². The van der Waals surface area contributed by atoms with Crippen molar-refractivity contribution >= 4 is 44.1 Å². The van der Waals surface area contributed by atoms with E-state index in [1.54, 1.807) is 12.1 Å². The van der Waals surface area contributed by atoms with E-state index in [1.165, 1.54) is 12.1 Å². The fourth-order valence-electron chi connectivity index (χ4n) is 5.69. The molecular weight excluding hydrogens is 528 g/mol.